The van der Waals surface area contributed by atoms with Crippen molar-refractivity contribution in [3.8, 4) is 0 Å². The van der Waals surface area contributed by atoms with Crippen LogP contribution < -0.4 is 5.32 Å². The Morgan fingerprint density at radius 3 is 2.00 bits per heavy atom. The minimum Gasteiger partial charge on any atom is -0.314 e. The fourth-order valence-corrected chi connectivity index (χ4v) is 4.44. The second-order valence-electron chi connectivity index (χ2n) is 7.41. The molecule has 2 saturated carbocycles. The van der Waals surface area contributed by atoms with Crippen LogP contribution in [-0.2, 0) is 0 Å². The molecule has 1 heteroatoms. The van der Waals surface area contributed by atoms with E-state index in [2.05, 4.69) is 12.2 Å². The molecular formula is C19H37N. The van der Waals surface area contributed by atoms with Crippen molar-refractivity contribution >= 4 is 0 Å². The van der Waals surface area contributed by atoms with Gasteiger partial charge < -0.3 is 5.32 Å². The maximum atomic E-state index is 3.93. The van der Waals surface area contributed by atoms with Crippen molar-refractivity contribution in [2.24, 2.45) is 11.8 Å². The van der Waals surface area contributed by atoms with Gasteiger partial charge in [-0.1, -0.05) is 71.1 Å². The van der Waals surface area contributed by atoms with Crippen LogP contribution in [0.25, 0.3) is 0 Å². The number of hydrogen-bond donors (Lipinski definition) is 1. The van der Waals surface area contributed by atoms with Crippen molar-refractivity contribution in [3.05, 3.63) is 0 Å². The van der Waals surface area contributed by atoms with Gasteiger partial charge in [0, 0.05) is 6.04 Å². The fourth-order valence-electron chi connectivity index (χ4n) is 4.44. The van der Waals surface area contributed by atoms with Gasteiger partial charge >= 0.3 is 0 Å². The van der Waals surface area contributed by atoms with E-state index in [0.717, 1.165) is 17.9 Å². The molecule has 1 unspecified atom stereocenters. The summed E-state index contributed by atoms with van der Waals surface area (Å²) in [6.07, 6.45) is 20.7. The summed E-state index contributed by atoms with van der Waals surface area (Å²) in [5.41, 5.74) is 0. The molecule has 2 fully saturated rings. The Labute approximate surface area is 127 Å². The first-order valence-electron chi connectivity index (χ1n) is 9.63. The highest BCUT2D eigenvalue weighted by molar-refractivity contribution is 4.81. The van der Waals surface area contributed by atoms with Crippen LogP contribution in [0.2, 0.25) is 0 Å². The third kappa shape index (κ3) is 5.76. The lowest BCUT2D eigenvalue weighted by Gasteiger charge is -2.33. The van der Waals surface area contributed by atoms with E-state index >= 15 is 0 Å². The van der Waals surface area contributed by atoms with Crippen molar-refractivity contribution in [1.29, 1.82) is 0 Å². The molecule has 0 bridgehead atoms. The van der Waals surface area contributed by atoms with Gasteiger partial charge in [0.2, 0.25) is 0 Å². The molecule has 0 spiro atoms. The summed E-state index contributed by atoms with van der Waals surface area (Å²) in [6, 6.07) is 0.830. The second-order valence-corrected chi connectivity index (χ2v) is 7.41. The van der Waals surface area contributed by atoms with E-state index in [1.165, 1.54) is 96.4 Å². The number of hydrogen-bond acceptors (Lipinski definition) is 1. The summed E-state index contributed by atoms with van der Waals surface area (Å²) in [7, 11) is 0. The smallest absolute Gasteiger partial charge is 0.00979 e. The molecule has 0 aromatic rings. The van der Waals surface area contributed by atoms with E-state index in [1.54, 1.807) is 0 Å². The van der Waals surface area contributed by atoms with E-state index in [9.17, 15) is 0 Å². The van der Waals surface area contributed by atoms with Crippen LogP contribution in [0.3, 0.4) is 0 Å². The zero-order valence-corrected chi connectivity index (χ0v) is 13.8. The molecule has 118 valence electrons. The predicted molar refractivity (Wildman–Crippen MR) is 89.1 cm³/mol. The zero-order chi connectivity index (χ0) is 14.0. The third-order valence-electron chi connectivity index (χ3n) is 5.69. The molecule has 1 N–H and O–H groups in total. The summed E-state index contributed by atoms with van der Waals surface area (Å²) >= 11 is 0. The van der Waals surface area contributed by atoms with Gasteiger partial charge in [0.25, 0.3) is 0 Å². The lowest BCUT2D eigenvalue weighted by molar-refractivity contribution is 0.221. The molecule has 0 saturated heterocycles. The highest BCUT2D eigenvalue weighted by atomic mass is 14.9. The predicted octanol–water partition coefficient (Wildman–Crippen LogP) is 5.69. The quantitative estimate of drug-likeness (QED) is 0.659. The van der Waals surface area contributed by atoms with Gasteiger partial charge in [-0.25, -0.2) is 0 Å². The third-order valence-corrected chi connectivity index (χ3v) is 5.69. The normalized spacial score (nSPS) is 25.1. The molecule has 0 aromatic carbocycles. The van der Waals surface area contributed by atoms with Crippen LogP contribution in [0.4, 0.5) is 0 Å². The van der Waals surface area contributed by atoms with E-state index in [-0.39, 0.29) is 0 Å². The molecule has 1 atom stereocenters. The first-order chi connectivity index (χ1) is 9.90. The molecule has 20 heavy (non-hydrogen) atoms. The lowest BCUT2D eigenvalue weighted by atomic mass is 9.78. The molecule has 2 aliphatic rings. The number of rotatable bonds is 6. The van der Waals surface area contributed by atoms with E-state index in [1.807, 2.05) is 0 Å². The van der Waals surface area contributed by atoms with Crippen LogP contribution in [0.1, 0.15) is 96.8 Å². The van der Waals surface area contributed by atoms with Crippen LogP contribution in [-0.4, -0.2) is 12.6 Å². The Balaban J connectivity index is 1.85. The maximum absolute atomic E-state index is 3.93. The van der Waals surface area contributed by atoms with Gasteiger partial charge in [0.1, 0.15) is 0 Å². The molecule has 0 amide bonds. The van der Waals surface area contributed by atoms with Gasteiger partial charge in [-0.2, -0.15) is 0 Å². The largest absolute Gasteiger partial charge is 0.314 e. The SMILES string of the molecule is CCCNC(CC1CCCCC1)C1CCCCCCC1. The minimum absolute atomic E-state index is 0.830. The van der Waals surface area contributed by atoms with Crippen molar-refractivity contribution in [1.82, 2.24) is 5.32 Å². The van der Waals surface area contributed by atoms with E-state index < -0.39 is 0 Å². The Morgan fingerprint density at radius 2 is 1.35 bits per heavy atom. The van der Waals surface area contributed by atoms with Gasteiger partial charge in [0.15, 0.2) is 0 Å². The summed E-state index contributed by atoms with van der Waals surface area (Å²) in [4.78, 5) is 0. The molecule has 0 aromatic heterocycles. The second kappa shape index (κ2) is 9.82. The van der Waals surface area contributed by atoms with Gasteiger partial charge in [-0.15, -0.1) is 0 Å². The molecule has 2 rings (SSSR count). The van der Waals surface area contributed by atoms with Gasteiger partial charge in [-0.3, -0.25) is 0 Å². The summed E-state index contributed by atoms with van der Waals surface area (Å²) < 4.78 is 0. The molecule has 1 nitrogen and oxygen atoms in total. The standard InChI is InChI=1S/C19H37N/c1-2-15-20-19(16-17-11-7-6-8-12-17)18-13-9-4-3-5-10-14-18/h17-20H,2-16H2,1H3. The van der Waals surface area contributed by atoms with E-state index in [0.29, 0.717) is 0 Å². The summed E-state index contributed by atoms with van der Waals surface area (Å²) in [6.45, 7) is 3.54. The highest BCUT2D eigenvalue weighted by Gasteiger charge is 2.25. The fraction of sp³-hybridized carbons (Fsp3) is 1.00. The van der Waals surface area contributed by atoms with E-state index in [4.69, 9.17) is 0 Å². The minimum atomic E-state index is 0.830. The number of nitrogens with one attached hydrogen (secondary N) is 1. The average Bonchev–Trinajstić information content (AvgIpc) is 2.45. The molecular weight excluding hydrogens is 242 g/mol. The summed E-state index contributed by atoms with van der Waals surface area (Å²) in [5, 5.41) is 3.93. The van der Waals surface area contributed by atoms with Crippen LogP contribution in [0.5, 0.6) is 0 Å². The molecule has 0 heterocycles. The van der Waals surface area contributed by atoms with Crippen molar-refractivity contribution in [3.63, 3.8) is 0 Å². The van der Waals surface area contributed by atoms with Crippen LogP contribution in [0, 0.1) is 11.8 Å². The van der Waals surface area contributed by atoms with Crippen LogP contribution >= 0.6 is 0 Å². The van der Waals surface area contributed by atoms with Gasteiger partial charge in [-0.05, 0) is 44.1 Å². The highest BCUT2D eigenvalue weighted by Crippen LogP contribution is 2.32. The zero-order valence-electron chi connectivity index (χ0n) is 13.8. The summed E-state index contributed by atoms with van der Waals surface area (Å²) in [5.74, 6) is 2.01. The van der Waals surface area contributed by atoms with Crippen LogP contribution in [0.15, 0.2) is 0 Å². The van der Waals surface area contributed by atoms with Crippen molar-refractivity contribution in [2.45, 2.75) is 103 Å². The molecule has 0 radical (unpaired) electrons. The van der Waals surface area contributed by atoms with Crippen molar-refractivity contribution < 1.29 is 0 Å². The first-order valence-corrected chi connectivity index (χ1v) is 9.63. The topological polar surface area (TPSA) is 12.0 Å². The Kier molecular flexibility index (Phi) is 8.02. The average molecular weight is 280 g/mol. The molecule has 2 aliphatic carbocycles. The Hall–Kier alpha value is -0.0400. The monoisotopic (exact) mass is 279 g/mol. The first kappa shape index (κ1) is 16.3. The Morgan fingerprint density at radius 1 is 0.800 bits per heavy atom. The molecule has 0 aliphatic heterocycles. The van der Waals surface area contributed by atoms with Crippen molar-refractivity contribution in [2.75, 3.05) is 6.54 Å². The van der Waals surface area contributed by atoms with Gasteiger partial charge in [0.05, 0.1) is 0 Å². The Bertz CT molecular complexity index is 224. The lowest BCUT2D eigenvalue weighted by Crippen LogP contribution is -2.39. The maximum Gasteiger partial charge on any atom is 0.00979 e.